The number of ether oxygens (including phenoxy) is 2. The van der Waals surface area contributed by atoms with Crippen molar-refractivity contribution in [2.24, 2.45) is 0 Å². The van der Waals surface area contributed by atoms with Crippen LogP contribution in [0.2, 0.25) is 5.02 Å². The van der Waals surface area contributed by atoms with E-state index < -0.39 is 66.9 Å². The number of carbonyl (C=O) groups excluding carboxylic acids is 2. The van der Waals surface area contributed by atoms with Crippen molar-refractivity contribution in [3.8, 4) is 5.75 Å². The van der Waals surface area contributed by atoms with Crippen LogP contribution in [0.15, 0.2) is 66.9 Å². The monoisotopic (exact) mass is 635 g/mol. The first-order chi connectivity index (χ1) is 20.2. The summed E-state index contributed by atoms with van der Waals surface area (Å²) in [5.74, 6) is -6.66. The SMILES string of the molecule is COC(=O)CCC(F)(F)CNC(=O)N[C@@](Cc1ccccc1)(c1cc(F)cc(OC(F)(F)C(F)F)c1)c1ccc(Cl)cn1. The maximum Gasteiger partial charge on any atom is 0.461 e. The van der Waals surface area contributed by atoms with Crippen LogP contribution >= 0.6 is 11.6 Å². The number of benzene rings is 2. The minimum Gasteiger partial charge on any atom is -0.469 e. The molecule has 1 atom stereocenters. The highest BCUT2D eigenvalue weighted by Crippen LogP contribution is 2.37. The molecular weight excluding hydrogens is 611 g/mol. The van der Waals surface area contributed by atoms with Crippen molar-refractivity contribution in [1.29, 1.82) is 0 Å². The van der Waals surface area contributed by atoms with Crippen LogP contribution in [-0.2, 0) is 21.5 Å². The third-order valence-corrected chi connectivity index (χ3v) is 6.33. The first-order valence-corrected chi connectivity index (χ1v) is 12.9. The fourth-order valence-corrected chi connectivity index (χ4v) is 4.16. The van der Waals surface area contributed by atoms with E-state index in [2.05, 4.69) is 19.8 Å². The number of hydrogen-bond donors (Lipinski definition) is 2. The molecule has 0 aliphatic heterocycles. The molecule has 0 fully saturated rings. The molecule has 3 rings (SSSR count). The lowest BCUT2D eigenvalue weighted by Gasteiger charge is -2.36. The summed E-state index contributed by atoms with van der Waals surface area (Å²) in [6.07, 6.45) is -9.92. The zero-order valence-electron chi connectivity index (χ0n) is 22.4. The van der Waals surface area contributed by atoms with E-state index in [1.807, 2.05) is 5.32 Å². The molecule has 232 valence electrons. The molecule has 0 bridgehead atoms. The van der Waals surface area contributed by atoms with Crippen molar-refractivity contribution in [2.75, 3.05) is 13.7 Å². The Kier molecular flexibility index (Phi) is 10.8. The summed E-state index contributed by atoms with van der Waals surface area (Å²) >= 11 is 5.98. The summed E-state index contributed by atoms with van der Waals surface area (Å²) in [6, 6.07) is 11.6. The van der Waals surface area contributed by atoms with E-state index in [4.69, 9.17) is 11.6 Å². The molecule has 1 aromatic heterocycles. The second-order valence-electron chi connectivity index (χ2n) is 9.31. The third kappa shape index (κ3) is 9.21. The van der Waals surface area contributed by atoms with Gasteiger partial charge in [-0.15, -0.1) is 0 Å². The molecule has 0 spiro atoms. The number of rotatable bonds is 13. The highest BCUT2D eigenvalue weighted by atomic mass is 35.5. The Morgan fingerprint density at radius 1 is 1.02 bits per heavy atom. The van der Waals surface area contributed by atoms with Gasteiger partial charge in [0.05, 0.1) is 30.8 Å². The van der Waals surface area contributed by atoms with Gasteiger partial charge in [-0.2, -0.15) is 17.6 Å². The summed E-state index contributed by atoms with van der Waals surface area (Å²) in [6.45, 7) is -1.23. The van der Waals surface area contributed by atoms with Gasteiger partial charge in [-0.25, -0.2) is 18.0 Å². The minimum absolute atomic E-state index is 0.0504. The molecule has 2 N–H and O–H groups in total. The van der Waals surface area contributed by atoms with Crippen LogP contribution in [0.5, 0.6) is 5.75 Å². The average molecular weight is 636 g/mol. The predicted molar refractivity (Wildman–Crippen MR) is 141 cm³/mol. The van der Waals surface area contributed by atoms with E-state index in [9.17, 15) is 40.3 Å². The van der Waals surface area contributed by atoms with Gasteiger partial charge in [-0.3, -0.25) is 9.78 Å². The molecule has 7 nitrogen and oxygen atoms in total. The number of alkyl halides is 6. The molecule has 0 radical (unpaired) electrons. The highest BCUT2D eigenvalue weighted by Gasteiger charge is 2.45. The average Bonchev–Trinajstić information content (AvgIpc) is 2.95. The molecule has 3 aromatic rings. The third-order valence-electron chi connectivity index (χ3n) is 6.11. The van der Waals surface area contributed by atoms with Crippen LogP contribution in [0.25, 0.3) is 0 Å². The largest absolute Gasteiger partial charge is 0.469 e. The number of nitrogens with zero attached hydrogens (tertiary/aromatic N) is 1. The van der Waals surface area contributed by atoms with Gasteiger partial charge in [-0.1, -0.05) is 41.9 Å². The molecule has 1 heterocycles. The van der Waals surface area contributed by atoms with E-state index >= 15 is 0 Å². The standard InChI is InChI=1S/C28H25ClF7N3O4/c1-42-23(40)9-10-26(33,34)16-38-25(41)39-27(14-17-5-3-2-4-6-17,22-8-7-19(29)15-37-22)18-11-20(30)13-21(12-18)43-28(35,36)24(31)32/h2-8,11-13,15,24H,9-10,14,16H2,1H3,(H2,38,39,41)/t27-/m0/s1. The van der Waals surface area contributed by atoms with E-state index in [1.54, 1.807) is 30.3 Å². The molecular formula is C28H25ClF7N3O4. The second-order valence-corrected chi connectivity index (χ2v) is 9.75. The molecule has 0 unspecified atom stereocenters. The molecule has 15 heteroatoms. The van der Waals surface area contributed by atoms with Crippen LogP contribution in [-0.4, -0.2) is 49.1 Å². The quantitative estimate of drug-likeness (QED) is 0.166. The molecule has 2 aromatic carbocycles. The Bertz CT molecular complexity index is 1400. The lowest BCUT2D eigenvalue weighted by atomic mass is 9.80. The van der Waals surface area contributed by atoms with Crippen molar-refractivity contribution >= 4 is 23.6 Å². The Labute approximate surface area is 246 Å². The van der Waals surface area contributed by atoms with Gasteiger partial charge in [0.2, 0.25) is 0 Å². The Balaban J connectivity index is 2.10. The van der Waals surface area contributed by atoms with Gasteiger partial charge >= 0.3 is 24.5 Å². The zero-order valence-corrected chi connectivity index (χ0v) is 23.1. The number of pyridine rings is 1. The zero-order chi connectivity index (χ0) is 31.8. The number of amides is 2. The van der Waals surface area contributed by atoms with Crippen LogP contribution < -0.4 is 15.4 Å². The highest BCUT2D eigenvalue weighted by molar-refractivity contribution is 6.30. The normalized spacial score (nSPS) is 13.3. The molecule has 43 heavy (non-hydrogen) atoms. The Morgan fingerprint density at radius 2 is 1.72 bits per heavy atom. The molecule has 0 aliphatic rings. The van der Waals surface area contributed by atoms with Crippen molar-refractivity contribution in [1.82, 2.24) is 15.6 Å². The smallest absolute Gasteiger partial charge is 0.461 e. The number of halogens is 8. The predicted octanol–water partition coefficient (Wildman–Crippen LogP) is 6.48. The fourth-order valence-electron chi connectivity index (χ4n) is 4.04. The Hall–Kier alpha value is -4.07. The number of urea groups is 1. The molecule has 0 aliphatic carbocycles. The van der Waals surface area contributed by atoms with Gasteiger partial charge in [0.1, 0.15) is 17.1 Å². The van der Waals surface area contributed by atoms with E-state index in [-0.39, 0.29) is 22.7 Å². The number of aromatic nitrogens is 1. The number of nitrogens with one attached hydrogen (secondary N) is 2. The lowest BCUT2D eigenvalue weighted by molar-refractivity contribution is -0.253. The van der Waals surface area contributed by atoms with Gasteiger partial charge in [0.15, 0.2) is 0 Å². The number of carbonyl (C=O) groups is 2. The van der Waals surface area contributed by atoms with E-state index in [0.29, 0.717) is 11.6 Å². The molecule has 0 saturated heterocycles. The maximum atomic E-state index is 14.9. The minimum atomic E-state index is -4.99. The van der Waals surface area contributed by atoms with E-state index in [1.165, 1.54) is 18.3 Å². The first-order valence-electron chi connectivity index (χ1n) is 12.5. The lowest BCUT2D eigenvalue weighted by Crippen LogP contribution is -2.54. The van der Waals surface area contributed by atoms with Crippen molar-refractivity contribution in [2.45, 2.75) is 43.3 Å². The summed E-state index contributed by atoms with van der Waals surface area (Å²) in [4.78, 5) is 28.6. The van der Waals surface area contributed by atoms with Crippen LogP contribution in [0.1, 0.15) is 29.7 Å². The van der Waals surface area contributed by atoms with Crippen LogP contribution in [0.3, 0.4) is 0 Å². The van der Waals surface area contributed by atoms with Gasteiger partial charge in [0, 0.05) is 25.1 Å². The van der Waals surface area contributed by atoms with Gasteiger partial charge < -0.3 is 20.1 Å². The fraction of sp³-hybridized carbons (Fsp3) is 0.321. The van der Waals surface area contributed by atoms with Crippen LogP contribution in [0, 0.1) is 5.82 Å². The molecule has 2 amide bonds. The number of methoxy groups -OCH3 is 1. The second kappa shape index (κ2) is 13.9. The summed E-state index contributed by atoms with van der Waals surface area (Å²) in [5, 5.41) is 4.62. The number of hydrogen-bond acceptors (Lipinski definition) is 5. The number of esters is 1. The van der Waals surface area contributed by atoms with Crippen LogP contribution in [0.4, 0.5) is 35.5 Å². The summed E-state index contributed by atoms with van der Waals surface area (Å²) in [7, 11) is 1.03. The van der Waals surface area contributed by atoms with E-state index in [0.717, 1.165) is 19.2 Å². The van der Waals surface area contributed by atoms with Gasteiger partial charge in [-0.05, 0) is 35.4 Å². The van der Waals surface area contributed by atoms with Crippen molar-refractivity contribution in [3.05, 3.63) is 94.5 Å². The van der Waals surface area contributed by atoms with Crippen molar-refractivity contribution in [3.63, 3.8) is 0 Å². The Morgan fingerprint density at radius 3 is 2.33 bits per heavy atom. The molecule has 0 saturated carbocycles. The first kappa shape index (κ1) is 33.4. The maximum absolute atomic E-state index is 14.9. The summed E-state index contributed by atoms with van der Waals surface area (Å²) in [5.41, 5.74) is -1.87. The summed E-state index contributed by atoms with van der Waals surface area (Å²) < 4.78 is 105. The topological polar surface area (TPSA) is 89.5 Å². The van der Waals surface area contributed by atoms with Crippen molar-refractivity contribution < 1.29 is 49.8 Å². The van der Waals surface area contributed by atoms with Gasteiger partial charge in [0.25, 0.3) is 5.92 Å².